The van der Waals surface area contributed by atoms with Gasteiger partial charge in [-0.15, -0.1) is 5.10 Å². The minimum atomic E-state index is -3.48. The highest BCUT2D eigenvalue weighted by atomic mass is 32.2. The van der Waals surface area contributed by atoms with Crippen LogP contribution in [0.5, 0.6) is 0 Å². The Kier molecular flexibility index (Phi) is 5.68. The second-order valence-corrected chi connectivity index (χ2v) is 9.71. The normalized spacial score (nSPS) is 16.1. The molecule has 0 radical (unpaired) electrons. The van der Waals surface area contributed by atoms with Gasteiger partial charge in [-0.3, -0.25) is 4.90 Å². The lowest BCUT2D eigenvalue weighted by atomic mass is 10.1. The maximum absolute atomic E-state index is 13.0. The summed E-state index contributed by atoms with van der Waals surface area (Å²) in [6.07, 6.45) is 0. The first-order valence-corrected chi connectivity index (χ1v) is 11.4. The first kappa shape index (κ1) is 20.6. The highest BCUT2D eigenvalue weighted by molar-refractivity contribution is 7.89. The van der Waals surface area contributed by atoms with Crippen LogP contribution in [0.1, 0.15) is 22.5 Å². The smallest absolute Gasteiger partial charge is 0.243 e. The molecule has 2 aromatic carbocycles. The van der Waals surface area contributed by atoms with Gasteiger partial charge in [0.1, 0.15) is 0 Å². The second-order valence-electron chi connectivity index (χ2n) is 7.77. The third kappa shape index (κ3) is 4.14. The van der Waals surface area contributed by atoms with Crippen LogP contribution in [0.25, 0.3) is 5.69 Å². The van der Waals surface area contributed by atoms with Gasteiger partial charge in [0, 0.05) is 26.2 Å². The molecular weight excluding hydrogens is 400 g/mol. The minimum Gasteiger partial charge on any atom is -0.293 e. The first-order chi connectivity index (χ1) is 14.3. The number of rotatable bonds is 5. The average molecular weight is 427 g/mol. The molecule has 0 unspecified atom stereocenters. The predicted molar refractivity (Wildman–Crippen MR) is 114 cm³/mol. The molecule has 30 heavy (non-hydrogen) atoms. The largest absolute Gasteiger partial charge is 0.293 e. The number of aromatic nitrogens is 4. The maximum atomic E-state index is 13.0. The highest BCUT2D eigenvalue weighted by Crippen LogP contribution is 2.21. The monoisotopic (exact) mass is 426 g/mol. The Morgan fingerprint density at radius 2 is 1.60 bits per heavy atom. The van der Waals surface area contributed by atoms with Gasteiger partial charge >= 0.3 is 0 Å². The standard InChI is InChI=1S/C21H26N6O2S/c1-16-4-7-19(8-5-16)27-21(22-23-24-27)15-25-10-12-26(13-11-25)30(28,29)20-9-6-17(2)18(3)14-20/h4-9,14H,10-13,15H2,1-3H3. The van der Waals surface area contributed by atoms with Gasteiger partial charge in [-0.25, -0.2) is 8.42 Å². The van der Waals surface area contributed by atoms with Gasteiger partial charge in [0.15, 0.2) is 5.82 Å². The van der Waals surface area contributed by atoms with Crippen LogP contribution in [-0.2, 0) is 16.6 Å². The number of nitrogens with zero attached hydrogens (tertiary/aromatic N) is 6. The molecule has 1 fully saturated rings. The van der Waals surface area contributed by atoms with Crippen molar-refractivity contribution < 1.29 is 8.42 Å². The van der Waals surface area contributed by atoms with Crippen molar-refractivity contribution in [2.24, 2.45) is 0 Å². The zero-order chi connectivity index (χ0) is 21.3. The lowest BCUT2D eigenvalue weighted by molar-refractivity contribution is 0.177. The first-order valence-electron chi connectivity index (χ1n) is 9.98. The molecule has 8 nitrogen and oxygen atoms in total. The number of benzene rings is 2. The van der Waals surface area contributed by atoms with Crippen molar-refractivity contribution in [1.82, 2.24) is 29.4 Å². The molecule has 0 saturated carbocycles. The van der Waals surface area contributed by atoms with E-state index in [1.165, 1.54) is 5.56 Å². The van der Waals surface area contributed by atoms with E-state index in [0.29, 0.717) is 37.6 Å². The molecule has 0 spiro atoms. The average Bonchev–Trinajstić information content (AvgIpc) is 3.19. The fraction of sp³-hybridized carbons (Fsp3) is 0.381. The number of hydrogen-bond donors (Lipinski definition) is 0. The number of piperazine rings is 1. The zero-order valence-corrected chi connectivity index (χ0v) is 18.3. The molecule has 9 heteroatoms. The summed E-state index contributed by atoms with van der Waals surface area (Å²) >= 11 is 0. The van der Waals surface area contributed by atoms with Crippen LogP contribution in [0.3, 0.4) is 0 Å². The molecule has 4 rings (SSSR count). The van der Waals surface area contributed by atoms with E-state index < -0.39 is 10.0 Å². The molecule has 0 N–H and O–H groups in total. The Morgan fingerprint density at radius 1 is 0.900 bits per heavy atom. The Morgan fingerprint density at radius 3 is 2.27 bits per heavy atom. The lowest BCUT2D eigenvalue weighted by Gasteiger charge is -2.33. The van der Waals surface area contributed by atoms with Crippen molar-refractivity contribution in [2.45, 2.75) is 32.2 Å². The molecule has 0 bridgehead atoms. The molecule has 1 aromatic heterocycles. The zero-order valence-electron chi connectivity index (χ0n) is 17.5. The molecule has 0 aliphatic carbocycles. The van der Waals surface area contributed by atoms with Crippen molar-refractivity contribution in [3.05, 3.63) is 65.0 Å². The molecule has 1 saturated heterocycles. The second kappa shape index (κ2) is 8.25. The lowest BCUT2D eigenvalue weighted by Crippen LogP contribution is -2.48. The van der Waals surface area contributed by atoms with Gasteiger partial charge in [0.25, 0.3) is 0 Å². The Balaban J connectivity index is 1.43. The van der Waals surface area contributed by atoms with Gasteiger partial charge in [0.05, 0.1) is 17.1 Å². The number of sulfonamides is 1. The maximum Gasteiger partial charge on any atom is 0.243 e. The molecule has 1 aliphatic heterocycles. The summed E-state index contributed by atoms with van der Waals surface area (Å²) in [5.74, 6) is 0.740. The molecular formula is C21H26N6O2S. The van der Waals surface area contributed by atoms with Gasteiger partial charge < -0.3 is 0 Å². The van der Waals surface area contributed by atoms with Gasteiger partial charge in [0.2, 0.25) is 10.0 Å². The van der Waals surface area contributed by atoms with E-state index in [1.54, 1.807) is 21.1 Å². The number of hydrogen-bond acceptors (Lipinski definition) is 6. The summed E-state index contributed by atoms with van der Waals surface area (Å²) in [5.41, 5.74) is 4.16. The summed E-state index contributed by atoms with van der Waals surface area (Å²) in [7, 11) is -3.48. The van der Waals surface area contributed by atoms with E-state index in [4.69, 9.17) is 0 Å². The fourth-order valence-corrected chi connectivity index (χ4v) is 5.05. The van der Waals surface area contributed by atoms with Crippen LogP contribution >= 0.6 is 0 Å². The van der Waals surface area contributed by atoms with Gasteiger partial charge in [-0.1, -0.05) is 23.8 Å². The van der Waals surface area contributed by atoms with E-state index in [0.717, 1.165) is 22.6 Å². The van der Waals surface area contributed by atoms with E-state index >= 15 is 0 Å². The molecule has 3 aromatic rings. The Labute approximate surface area is 177 Å². The van der Waals surface area contributed by atoms with E-state index in [9.17, 15) is 8.42 Å². The fourth-order valence-electron chi connectivity index (χ4n) is 3.54. The third-order valence-electron chi connectivity index (χ3n) is 5.63. The third-order valence-corrected chi connectivity index (χ3v) is 7.52. The summed E-state index contributed by atoms with van der Waals surface area (Å²) in [6, 6.07) is 13.3. The molecule has 0 atom stereocenters. The van der Waals surface area contributed by atoms with Crippen LogP contribution in [0.4, 0.5) is 0 Å². The van der Waals surface area contributed by atoms with Crippen LogP contribution in [-0.4, -0.2) is 64.0 Å². The van der Waals surface area contributed by atoms with Gasteiger partial charge in [-0.2, -0.15) is 8.99 Å². The SMILES string of the molecule is Cc1ccc(-n2nnnc2CN2CCN(S(=O)(=O)c3ccc(C)c(C)c3)CC2)cc1. The van der Waals surface area contributed by atoms with Crippen LogP contribution in [0.15, 0.2) is 47.4 Å². The number of tetrazole rings is 1. The minimum absolute atomic E-state index is 0.363. The van der Waals surface area contributed by atoms with Crippen molar-refractivity contribution in [1.29, 1.82) is 0 Å². The highest BCUT2D eigenvalue weighted by Gasteiger charge is 2.29. The van der Waals surface area contributed by atoms with Crippen molar-refractivity contribution in [3.8, 4) is 5.69 Å². The summed E-state index contributed by atoms with van der Waals surface area (Å²) in [5, 5.41) is 12.1. The van der Waals surface area contributed by atoms with Gasteiger partial charge in [-0.05, 0) is 66.6 Å². The molecule has 2 heterocycles. The van der Waals surface area contributed by atoms with Crippen molar-refractivity contribution >= 4 is 10.0 Å². The van der Waals surface area contributed by atoms with Crippen molar-refractivity contribution in [2.75, 3.05) is 26.2 Å². The topological polar surface area (TPSA) is 84.2 Å². The molecule has 158 valence electrons. The van der Waals surface area contributed by atoms with E-state index in [-0.39, 0.29) is 0 Å². The molecule has 1 aliphatic rings. The summed E-state index contributed by atoms with van der Waals surface area (Å²) < 4.78 is 29.3. The summed E-state index contributed by atoms with van der Waals surface area (Å²) in [6.45, 7) is 8.67. The van der Waals surface area contributed by atoms with Crippen LogP contribution < -0.4 is 0 Å². The quantitative estimate of drug-likeness (QED) is 0.621. The van der Waals surface area contributed by atoms with Crippen LogP contribution in [0, 0.1) is 20.8 Å². The molecule has 0 amide bonds. The van der Waals surface area contributed by atoms with Crippen molar-refractivity contribution in [3.63, 3.8) is 0 Å². The summed E-state index contributed by atoms with van der Waals surface area (Å²) in [4.78, 5) is 2.55. The predicted octanol–water partition coefficient (Wildman–Crippen LogP) is 2.09. The van der Waals surface area contributed by atoms with Crippen LogP contribution in [0.2, 0.25) is 0 Å². The number of aryl methyl sites for hydroxylation is 3. The van der Waals surface area contributed by atoms with E-state index in [2.05, 4.69) is 20.4 Å². The Hall–Kier alpha value is -2.62. The van der Waals surface area contributed by atoms with E-state index in [1.807, 2.05) is 51.1 Å². The Bertz CT molecular complexity index is 1130.